The Morgan fingerprint density at radius 2 is 1.56 bits per heavy atom. The maximum Gasteiger partial charge on any atom is 0.160 e. The number of benzene rings is 2. The van der Waals surface area contributed by atoms with Crippen molar-refractivity contribution in [3.8, 4) is 11.1 Å². The zero-order valence-electron chi connectivity index (χ0n) is 8.80. The molecule has 0 aromatic heterocycles. The minimum atomic E-state index is -0.921. The molecule has 2 aromatic rings. The van der Waals surface area contributed by atoms with Crippen LogP contribution in [0.1, 0.15) is 5.56 Å². The summed E-state index contributed by atoms with van der Waals surface area (Å²) in [5.74, 6) is -1.80. The number of anilines is 1. The Balaban J connectivity index is 2.65. The first-order chi connectivity index (χ1) is 7.59. The second-order valence-electron chi connectivity index (χ2n) is 3.67. The Kier molecular flexibility index (Phi) is 2.60. The number of halogens is 2. The van der Waals surface area contributed by atoms with E-state index in [9.17, 15) is 8.78 Å². The Morgan fingerprint density at radius 3 is 2.25 bits per heavy atom. The summed E-state index contributed by atoms with van der Waals surface area (Å²) < 4.78 is 26.1. The van der Waals surface area contributed by atoms with Gasteiger partial charge >= 0.3 is 0 Å². The van der Waals surface area contributed by atoms with E-state index in [0.29, 0.717) is 5.56 Å². The molecule has 82 valence electrons. The molecule has 0 saturated heterocycles. The summed E-state index contributed by atoms with van der Waals surface area (Å²) in [6, 6.07) is 9.59. The Labute approximate surface area is 92.5 Å². The highest BCUT2D eigenvalue weighted by Gasteiger charge is 2.10. The average Bonchev–Trinajstić information content (AvgIpc) is 2.25. The second-order valence-corrected chi connectivity index (χ2v) is 3.67. The van der Waals surface area contributed by atoms with Gasteiger partial charge < -0.3 is 5.73 Å². The molecule has 0 unspecified atom stereocenters. The number of nitrogen functional groups attached to an aromatic ring is 1. The van der Waals surface area contributed by atoms with Crippen LogP contribution in [0.25, 0.3) is 11.1 Å². The zero-order valence-corrected chi connectivity index (χ0v) is 8.80. The molecule has 0 radical (unpaired) electrons. The fourth-order valence-corrected chi connectivity index (χ4v) is 1.67. The summed E-state index contributed by atoms with van der Waals surface area (Å²) in [4.78, 5) is 0. The van der Waals surface area contributed by atoms with Crippen molar-refractivity contribution in [2.45, 2.75) is 6.92 Å². The van der Waals surface area contributed by atoms with E-state index in [-0.39, 0.29) is 5.69 Å². The van der Waals surface area contributed by atoms with Crippen molar-refractivity contribution in [2.24, 2.45) is 0 Å². The number of hydrogen-bond acceptors (Lipinski definition) is 1. The molecule has 0 aliphatic heterocycles. The molecule has 0 spiro atoms. The van der Waals surface area contributed by atoms with Gasteiger partial charge in [-0.2, -0.15) is 0 Å². The first kappa shape index (κ1) is 10.6. The maximum absolute atomic E-state index is 13.1. The smallest absolute Gasteiger partial charge is 0.160 e. The number of rotatable bonds is 1. The third-order valence-electron chi connectivity index (χ3n) is 2.53. The molecule has 0 bridgehead atoms. The van der Waals surface area contributed by atoms with Gasteiger partial charge in [0.05, 0.1) is 0 Å². The molecule has 0 heterocycles. The highest BCUT2D eigenvalue weighted by Crippen LogP contribution is 2.30. The average molecular weight is 219 g/mol. The van der Waals surface area contributed by atoms with Crippen LogP contribution in [0.4, 0.5) is 14.5 Å². The number of nitrogens with two attached hydrogens (primary N) is 1. The van der Waals surface area contributed by atoms with Gasteiger partial charge in [-0.15, -0.1) is 0 Å². The minimum absolute atomic E-state index is 0.244. The first-order valence-electron chi connectivity index (χ1n) is 4.90. The summed E-state index contributed by atoms with van der Waals surface area (Å²) in [6.07, 6.45) is 0. The van der Waals surface area contributed by atoms with Crippen molar-refractivity contribution >= 4 is 5.69 Å². The van der Waals surface area contributed by atoms with Crippen molar-refractivity contribution in [3.05, 3.63) is 53.6 Å². The highest BCUT2D eigenvalue weighted by atomic mass is 19.2. The van der Waals surface area contributed by atoms with Crippen LogP contribution < -0.4 is 5.73 Å². The molecule has 1 nitrogen and oxygen atoms in total. The van der Waals surface area contributed by atoms with Crippen molar-refractivity contribution in [1.82, 2.24) is 0 Å². The molecule has 0 amide bonds. The van der Waals surface area contributed by atoms with Crippen molar-refractivity contribution in [1.29, 1.82) is 0 Å². The normalized spacial score (nSPS) is 10.4. The Hall–Kier alpha value is -1.90. The number of hydrogen-bond donors (Lipinski definition) is 1. The molecule has 0 atom stereocenters. The Bertz CT molecular complexity index is 535. The molecule has 0 fully saturated rings. The molecule has 0 aliphatic rings. The van der Waals surface area contributed by atoms with Gasteiger partial charge in [0.1, 0.15) is 0 Å². The minimum Gasteiger partial charge on any atom is -0.398 e. The van der Waals surface area contributed by atoms with E-state index in [1.165, 1.54) is 0 Å². The topological polar surface area (TPSA) is 26.0 Å². The fourth-order valence-electron chi connectivity index (χ4n) is 1.67. The van der Waals surface area contributed by atoms with Gasteiger partial charge in [0, 0.05) is 17.3 Å². The summed E-state index contributed by atoms with van der Waals surface area (Å²) in [7, 11) is 0. The monoisotopic (exact) mass is 219 g/mol. The lowest BCUT2D eigenvalue weighted by Gasteiger charge is -2.09. The van der Waals surface area contributed by atoms with Gasteiger partial charge in [-0.1, -0.05) is 24.3 Å². The van der Waals surface area contributed by atoms with Crippen molar-refractivity contribution in [3.63, 3.8) is 0 Å². The molecular formula is C13H11F2N. The van der Waals surface area contributed by atoms with Crippen LogP contribution in [0.5, 0.6) is 0 Å². The van der Waals surface area contributed by atoms with Crippen LogP contribution in [0.2, 0.25) is 0 Å². The molecule has 16 heavy (non-hydrogen) atoms. The van der Waals surface area contributed by atoms with Crippen LogP contribution in [-0.4, -0.2) is 0 Å². The first-order valence-corrected chi connectivity index (χ1v) is 4.90. The van der Waals surface area contributed by atoms with E-state index in [4.69, 9.17) is 5.73 Å². The van der Waals surface area contributed by atoms with E-state index in [2.05, 4.69) is 0 Å². The van der Waals surface area contributed by atoms with Crippen LogP contribution >= 0.6 is 0 Å². The van der Waals surface area contributed by atoms with Crippen LogP contribution in [0.15, 0.2) is 36.4 Å². The summed E-state index contributed by atoms with van der Waals surface area (Å²) >= 11 is 0. The molecule has 2 N–H and O–H groups in total. The van der Waals surface area contributed by atoms with E-state index >= 15 is 0 Å². The van der Waals surface area contributed by atoms with Gasteiger partial charge in [0.2, 0.25) is 0 Å². The third-order valence-corrected chi connectivity index (χ3v) is 2.53. The number of aryl methyl sites for hydroxylation is 1. The van der Waals surface area contributed by atoms with E-state index in [0.717, 1.165) is 23.3 Å². The van der Waals surface area contributed by atoms with Gasteiger partial charge in [0.15, 0.2) is 11.6 Å². The lowest BCUT2D eigenvalue weighted by Crippen LogP contribution is -1.95. The summed E-state index contributed by atoms with van der Waals surface area (Å²) in [5, 5.41) is 0. The maximum atomic E-state index is 13.1. The molecule has 2 rings (SSSR count). The quantitative estimate of drug-likeness (QED) is 0.729. The second kappa shape index (κ2) is 3.93. The zero-order chi connectivity index (χ0) is 11.7. The lowest BCUT2D eigenvalue weighted by atomic mass is 9.99. The largest absolute Gasteiger partial charge is 0.398 e. The van der Waals surface area contributed by atoms with Crippen molar-refractivity contribution < 1.29 is 8.78 Å². The van der Waals surface area contributed by atoms with Crippen molar-refractivity contribution in [2.75, 3.05) is 5.73 Å². The highest BCUT2D eigenvalue weighted by molar-refractivity contribution is 5.78. The molecule has 2 aromatic carbocycles. The SMILES string of the molecule is Cc1ccccc1-c1cc(F)c(F)cc1N. The lowest BCUT2D eigenvalue weighted by molar-refractivity contribution is 0.509. The molecule has 3 heteroatoms. The van der Waals surface area contributed by atoms with Crippen LogP contribution in [-0.2, 0) is 0 Å². The third kappa shape index (κ3) is 1.76. The van der Waals surface area contributed by atoms with Gasteiger partial charge in [-0.3, -0.25) is 0 Å². The van der Waals surface area contributed by atoms with Gasteiger partial charge in [-0.25, -0.2) is 8.78 Å². The van der Waals surface area contributed by atoms with E-state index in [1.54, 1.807) is 0 Å². The van der Waals surface area contributed by atoms with E-state index < -0.39 is 11.6 Å². The van der Waals surface area contributed by atoms with E-state index in [1.807, 2.05) is 31.2 Å². The molecule has 0 aliphatic carbocycles. The fraction of sp³-hybridized carbons (Fsp3) is 0.0769. The predicted octanol–water partition coefficient (Wildman–Crippen LogP) is 3.52. The standard InChI is InChI=1S/C13H11F2N/c1-8-4-2-3-5-9(8)10-6-11(14)12(15)7-13(10)16/h2-7H,16H2,1H3. The van der Waals surface area contributed by atoms with Gasteiger partial charge in [-0.05, 0) is 24.1 Å². The van der Waals surface area contributed by atoms with Crippen LogP contribution in [0.3, 0.4) is 0 Å². The van der Waals surface area contributed by atoms with Gasteiger partial charge in [0.25, 0.3) is 0 Å². The molecular weight excluding hydrogens is 208 g/mol. The van der Waals surface area contributed by atoms with Crippen LogP contribution in [0, 0.1) is 18.6 Å². The summed E-state index contributed by atoms with van der Waals surface area (Å²) in [6.45, 7) is 1.90. The Morgan fingerprint density at radius 1 is 0.938 bits per heavy atom. The predicted molar refractivity (Wildman–Crippen MR) is 60.9 cm³/mol. The summed E-state index contributed by atoms with van der Waals surface area (Å²) in [5.41, 5.74) is 8.24. The molecule has 0 saturated carbocycles.